The Balaban J connectivity index is 1.49. The SMILES string of the molecule is O=S1(=O)c2ccc(-c3cccs3)cc2[C@@H]2CN(Cc3ccccn3)C[C@@H]21. The summed E-state index contributed by atoms with van der Waals surface area (Å²) >= 11 is 1.68. The van der Waals surface area contributed by atoms with E-state index in [9.17, 15) is 8.42 Å². The summed E-state index contributed by atoms with van der Waals surface area (Å²) in [5.41, 5.74) is 3.08. The molecule has 1 saturated heterocycles. The van der Waals surface area contributed by atoms with Crippen molar-refractivity contribution in [3.63, 3.8) is 0 Å². The highest BCUT2D eigenvalue weighted by molar-refractivity contribution is 7.92. The minimum Gasteiger partial charge on any atom is -0.296 e. The fraction of sp³-hybridized carbons (Fsp3) is 0.250. The molecule has 5 rings (SSSR count). The summed E-state index contributed by atoms with van der Waals surface area (Å²) in [4.78, 5) is 8.30. The minimum atomic E-state index is -3.25. The highest BCUT2D eigenvalue weighted by Gasteiger charge is 2.50. The summed E-state index contributed by atoms with van der Waals surface area (Å²) in [6.45, 7) is 2.04. The standard InChI is InChI=1S/C20H18N2O2S2/c23-26(24)19-7-6-14(18-5-3-9-25-18)10-16(19)17-12-22(13-20(17)26)11-15-4-1-2-8-21-15/h1-10,17,20H,11-13H2/t17-,20-/m0/s1. The molecule has 0 amide bonds. The summed E-state index contributed by atoms with van der Waals surface area (Å²) < 4.78 is 26.0. The molecule has 0 saturated carbocycles. The monoisotopic (exact) mass is 382 g/mol. The van der Waals surface area contributed by atoms with E-state index in [-0.39, 0.29) is 11.2 Å². The van der Waals surface area contributed by atoms with Crippen LogP contribution in [0.25, 0.3) is 10.4 Å². The summed E-state index contributed by atoms with van der Waals surface area (Å²) in [5.74, 6) is 0.0543. The van der Waals surface area contributed by atoms with Gasteiger partial charge in [0, 0.05) is 36.6 Å². The second-order valence-corrected chi connectivity index (χ2v) is 10.0. The zero-order valence-corrected chi connectivity index (χ0v) is 15.7. The zero-order chi connectivity index (χ0) is 17.7. The number of fused-ring (bicyclic) bond motifs is 3. The number of pyridine rings is 1. The van der Waals surface area contributed by atoms with Crippen molar-refractivity contribution in [2.24, 2.45) is 0 Å². The number of benzene rings is 1. The van der Waals surface area contributed by atoms with Gasteiger partial charge in [-0.1, -0.05) is 18.2 Å². The summed E-state index contributed by atoms with van der Waals surface area (Å²) in [6, 6.07) is 15.8. The van der Waals surface area contributed by atoms with Crippen molar-refractivity contribution in [3.05, 3.63) is 71.4 Å². The normalized spacial score (nSPS) is 23.7. The molecule has 0 spiro atoms. The lowest BCUT2D eigenvalue weighted by molar-refractivity contribution is 0.321. The molecule has 2 aliphatic heterocycles. The molecule has 4 nitrogen and oxygen atoms in total. The molecular formula is C20H18N2O2S2. The second-order valence-electron chi connectivity index (χ2n) is 6.94. The van der Waals surface area contributed by atoms with Gasteiger partial charge in [0.25, 0.3) is 0 Å². The number of aromatic nitrogens is 1. The Kier molecular flexibility index (Phi) is 3.74. The topological polar surface area (TPSA) is 50.3 Å². The first kappa shape index (κ1) is 16.2. The molecule has 0 aliphatic carbocycles. The highest BCUT2D eigenvalue weighted by Crippen LogP contribution is 2.46. The van der Waals surface area contributed by atoms with E-state index >= 15 is 0 Å². The van der Waals surface area contributed by atoms with Crippen molar-refractivity contribution in [3.8, 4) is 10.4 Å². The molecule has 2 aromatic heterocycles. The Morgan fingerprint density at radius 3 is 2.81 bits per heavy atom. The van der Waals surface area contributed by atoms with Crippen LogP contribution >= 0.6 is 11.3 Å². The fourth-order valence-electron chi connectivity index (χ4n) is 4.17. The van der Waals surface area contributed by atoms with Gasteiger partial charge in [-0.15, -0.1) is 11.3 Å². The largest absolute Gasteiger partial charge is 0.296 e. The van der Waals surface area contributed by atoms with Crippen LogP contribution in [0.15, 0.2) is 65.0 Å². The lowest BCUT2D eigenvalue weighted by Crippen LogP contribution is -2.26. The van der Waals surface area contributed by atoms with Crippen LogP contribution < -0.4 is 0 Å². The molecular weight excluding hydrogens is 364 g/mol. The first-order valence-corrected chi connectivity index (χ1v) is 11.1. The Morgan fingerprint density at radius 2 is 2.04 bits per heavy atom. The molecule has 0 N–H and O–H groups in total. The number of hydrogen-bond donors (Lipinski definition) is 0. The van der Waals surface area contributed by atoms with Crippen LogP contribution in [-0.2, 0) is 16.4 Å². The molecule has 132 valence electrons. The van der Waals surface area contributed by atoms with Gasteiger partial charge in [-0.05, 0) is 46.8 Å². The molecule has 3 aromatic rings. The van der Waals surface area contributed by atoms with E-state index in [1.165, 1.54) is 4.88 Å². The maximum Gasteiger partial charge on any atom is 0.183 e. The van der Waals surface area contributed by atoms with Crippen LogP contribution in [0.4, 0.5) is 0 Å². The summed E-state index contributed by atoms with van der Waals surface area (Å²) in [6.07, 6.45) is 1.78. The van der Waals surface area contributed by atoms with Crippen molar-refractivity contribution >= 4 is 21.2 Å². The zero-order valence-electron chi connectivity index (χ0n) is 14.1. The number of thiophene rings is 1. The molecule has 26 heavy (non-hydrogen) atoms. The number of likely N-dealkylation sites (tertiary alicyclic amines) is 1. The van der Waals surface area contributed by atoms with Gasteiger partial charge in [-0.2, -0.15) is 0 Å². The van der Waals surface area contributed by atoms with E-state index < -0.39 is 9.84 Å². The Labute approximate surface area is 157 Å². The lowest BCUT2D eigenvalue weighted by Gasteiger charge is -2.17. The van der Waals surface area contributed by atoms with E-state index in [0.717, 1.165) is 23.4 Å². The predicted octanol–water partition coefficient (Wildman–Crippen LogP) is 3.57. The van der Waals surface area contributed by atoms with Crippen molar-refractivity contribution in [2.75, 3.05) is 13.1 Å². The molecule has 6 heteroatoms. The van der Waals surface area contributed by atoms with Gasteiger partial charge >= 0.3 is 0 Å². The average Bonchev–Trinajstić information content (AvgIpc) is 3.35. The maximum absolute atomic E-state index is 13.0. The van der Waals surface area contributed by atoms with E-state index in [0.29, 0.717) is 18.0 Å². The van der Waals surface area contributed by atoms with Crippen LogP contribution in [0, 0.1) is 0 Å². The maximum atomic E-state index is 13.0. The lowest BCUT2D eigenvalue weighted by atomic mass is 9.96. The molecule has 0 bridgehead atoms. The van der Waals surface area contributed by atoms with Gasteiger partial charge in [0.1, 0.15) is 0 Å². The van der Waals surface area contributed by atoms with Crippen molar-refractivity contribution < 1.29 is 8.42 Å². The quantitative estimate of drug-likeness (QED) is 0.695. The van der Waals surface area contributed by atoms with Crippen LogP contribution in [0.1, 0.15) is 17.2 Å². The van der Waals surface area contributed by atoms with Gasteiger partial charge < -0.3 is 0 Å². The third kappa shape index (κ3) is 2.52. The number of nitrogens with zero attached hydrogens (tertiary/aromatic N) is 2. The van der Waals surface area contributed by atoms with E-state index in [2.05, 4.69) is 22.0 Å². The third-order valence-electron chi connectivity index (χ3n) is 5.37. The van der Waals surface area contributed by atoms with E-state index in [1.54, 1.807) is 23.6 Å². The molecule has 2 aliphatic rings. The van der Waals surface area contributed by atoms with Crippen molar-refractivity contribution in [1.29, 1.82) is 0 Å². The van der Waals surface area contributed by atoms with Crippen molar-refractivity contribution in [2.45, 2.75) is 22.6 Å². The van der Waals surface area contributed by atoms with Gasteiger partial charge in [-0.25, -0.2) is 8.42 Å². The van der Waals surface area contributed by atoms with Crippen LogP contribution in [-0.4, -0.2) is 36.6 Å². The number of hydrogen-bond acceptors (Lipinski definition) is 5. The Bertz CT molecular complexity index is 1050. The molecule has 4 heterocycles. The molecule has 2 atom stereocenters. The first-order chi connectivity index (χ1) is 12.6. The van der Waals surface area contributed by atoms with Gasteiger partial charge in [0.2, 0.25) is 0 Å². The Hall–Kier alpha value is -2.02. The van der Waals surface area contributed by atoms with E-state index in [1.807, 2.05) is 35.7 Å². The molecule has 0 unspecified atom stereocenters. The van der Waals surface area contributed by atoms with Crippen LogP contribution in [0.5, 0.6) is 0 Å². The molecule has 0 radical (unpaired) electrons. The number of rotatable bonds is 3. The average molecular weight is 383 g/mol. The van der Waals surface area contributed by atoms with Gasteiger partial charge in [-0.3, -0.25) is 9.88 Å². The van der Waals surface area contributed by atoms with Crippen molar-refractivity contribution in [1.82, 2.24) is 9.88 Å². The highest BCUT2D eigenvalue weighted by atomic mass is 32.2. The van der Waals surface area contributed by atoms with E-state index in [4.69, 9.17) is 0 Å². The minimum absolute atomic E-state index is 0.0543. The summed E-state index contributed by atoms with van der Waals surface area (Å²) in [5, 5.41) is 1.71. The third-order valence-corrected chi connectivity index (χ3v) is 8.55. The first-order valence-electron chi connectivity index (χ1n) is 8.67. The Morgan fingerprint density at radius 1 is 1.12 bits per heavy atom. The number of sulfone groups is 1. The fourth-order valence-corrected chi connectivity index (χ4v) is 7.09. The molecule has 1 aromatic carbocycles. The van der Waals surface area contributed by atoms with Gasteiger partial charge in [0.05, 0.1) is 15.8 Å². The molecule has 1 fully saturated rings. The summed E-state index contributed by atoms with van der Waals surface area (Å²) in [7, 11) is -3.25. The van der Waals surface area contributed by atoms with Crippen LogP contribution in [0.3, 0.4) is 0 Å². The second kappa shape index (κ2) is 6.01. The van der Waals surface area contributed by atoms with Gasteiger partial charge in [0.15, 0.2) is 9.84 Å². The predicted molar refractivity (Wildman–Crippen MR) is 103 cm³/mol. The van der Waals surface area contributed by atoms with Crippen LogP contribution in [0.2, 0.25) is 0 Å². The smallest absolute Gasteiger partial charge is 0.183 e.